The molecule has 0 aromatic heterocycles. The van der Waals surface area contributed by atoms with Crippen LogP contribution in [0.15, 0.2) is 0 Å². The number of ether oxygens (including phenoxy) is 3. The lowest BCUT2D eigenvalue weighted by molar-refractivity contribution is -0.342. The van der Waals surface area contributed by atoms with Gasteiger partial charge in [0.15, 0.2) is 5.79 Å². The molecular weight excluding hydrogens is 338 g/mol. The Morgan fingerprint density at radius 3 is 1.89 bits per heavy atom. The van der Waals surface area contributed by atoms with E-state index in [1.807, 2.05) is 0 Å². The Morgan fingerprint density at radius 1 is 0.815 bits per heavy atom. The van der Waals surface area contributed by atoms with Crippen LogP contribution in [0.4, 0.5) is 0 Å². The van der Waals surface area contributed by atoms with E-state index >= 15 is 0 Å². The van der Waals surface area contributed by atoms with E-state index in [1.165, 1.54) is 38.5 Å². The van der Waals surface area contributed by atoms with Crippen molar-refractivity contribution in [1.29, 1.82) is 0 Å². The smallest absolute Gasteiger partial charge is 0.171 e. The van der Waals surface area contributed by atoms with Gasteiger partial charge in [0.25, 0.3) is 0 Å². The van der Waals surface area contributed by atoms with E-state index in [0.717, 1.165) is 39.3 Å². The van der Waals surface area contributed by atoms with Crippen LogP contribution >= 0.6 is 0 Å². The van der Waals surface area contributed by atoms with Crippen molar-refractivity contribution >= 4 is 0 Å². The van der Waals surface area contributed by atoms with Crippen molar-refractivity contribution < 1.29 is 14.2 Å². The van der Waals surface area contributed by atoms with Gasteiger partial charge in [-0.2, -0.15) is 0 Å². The van der Waals surface area contributed by atoms with Gasteiger partial charge in [0.2, 0.25) is 0 Å². The molecule has 27 heavy (non-hydrogen) atoms. The van der Waals surface area contributed by atoms with Crippen molar-refractivity contribution in [3.05, 3.63) is 0 Å². The molecule has 0 aliphatic carbocycles. The number of likely N-dealkylation sites (tertiary alicyclic amines) is 1. The second-order valence-corrected chi connectivity index (χ2v) is 10.7. The van der Waals surface area contributed by atoms with Crippen LogP contribution in [0.3, 0.4) is 0 Å². The Bertz CT molecular complexity index is 433. The van der Waals surface area contributed by atoms with Gasteiger partial charge in [-0.15, -0.1) is 0 Å². The van der Waals surface area contributed by atoms with Crippen molar-refractivity contribution in [2.75, 3.05) is 33.5 Å². The molecule has 0 bridgehead atoms. The fourth-order valence-electron chi connectivity index (χ4n) is 4.72. The van der Waals surface area contributed by atoms with E-state index in [4.69, 9.17) is 14.2 Å². The average molecular weight is 384 g/mol. The average Bonchev–Trinajstić information content (AvgIpc) is 2.58. The molecule has 2 aliphatic rings. The second kappa shape index (κ2) is 9.11. The summed E-state index contributed by atoms with van der Waals surface area (Å²) in [4.78, 5) is 2.47. The van der Waals surface area contributed by atoms with Crippen LogP contribution in [0.2, 0.25) is 0 Å². The zero-order valence-electron chi connectivity index (χ0n) is 19.2. The largest absolute Gasteiger partial charge is 0.381 e. The second-order valence-electron chi connectivity index (χ2n) is 10.7. The van der Waals surface area contributed by atoms with Crippen LogP contribution < -0.4 is 0 Å². The molecule has 0 saturated carbocycles. The molecule has 2 heterocycles. The molecule has 160 valence electrons. The summed E-state index contributed by atoms with van der Waals surface area (Å²) >= 11 is 0. The summed E-state index contributed by atoms with van der Waals surface area (Å²) in [6.07, 6.45) is 9.64. The number of rotatable bonds is 9. The minimum atomic E-state index is -0.446. The topological polar surface area (TPSA) is 30.9 Å². The predicted octanol–water partition coefficient (Wildman–Crippen LogP) is 5.40. The number of hydrogen-bond acceptors (Lipinski definition) is 4. The molecule has 0 aromatic rings. The van der Waals surface area contributed by atoms with Crippen LogP contribution in [0.5, 0.6) is 0 Å². The highest BCUT2D eigenvalue weighted by Crippen LogP contribution is 2.47. The highest BCUT2D eigenvalue weighted by Gasteiger charge is 2.55. The number of nitrogens with zero attached hydrogens (tertiary/aromatic N) is 1. The van der Waals surface area contributed by atoms with E-state index in [0.29, 0.717) is 0 Å². The highest BCUT2D eigenvalue weighted by molar-refractivity contribution is 5.04. The monoisotopic (exact) mass is 383 g/mol. The maximum atomic E-state index is 6.44. The van der Waals surface area contributed by atoms with Gasteiger partial charge in [-0.05, 0) is 41.2 Å². The summed E-state index contributed by atoms with van der Waals surface area (Å²) in [6.45, 7) is 16.7. The summed E-state index contributed by atoms with van der Waals surface area (Å²) in [7, 11) is 2.22. The van der Waals surface area contributed by atoms with Crippen LogP contribution in [-0.2, 0) is 14.2 Å². The van der Waals surface area contributed by atoms with Crippen LogP contribution in [-0.4, -0.2) is 55.2 Å². The molecule has 0 N–H and O–H groups in total. The fourth-order valence-corrected chi connectivity index (χ4v) is 4.72. The summed E-state index contributed by atoms with van der Waals surface area (Å²) < 4.78 is 18.9. The minimum Gasteiger partial charge on any atom is -0.381 e. The lowest BCUT2D eigenvalue weighted by Gasteiger charge is -2.59. The van der Waals surface area contributed by atoms with Crippen molar-refractivity contribution in [3.63, 3.8) is 0 Å². The van der Waals surface area contributed by atoms with Gasteiger partial charge < -0.3 is 14.2 Å². The predicted molar refractivity (Wildman–Crippen MR) is 112 cm³/mol. The third-order valence-corrected chi connectivity index (χ3v) is 6.68. The summed E-state index contributed by atoms with van der Waals surface area (Å²) in [5.41, 5.74) is 0.0820. The summed E-state index contributed by atoms with van der Waals surface area (Å²) in [5, 5.41) is 0. The van der Waals surface area contributed by atoms with Crippen LogP contribution in [0, 0.1) is 5.41 Å². The van der Waals surface area contributed by atoms with Gasteiger partial charge in [-0.25, -0.2) is 0 Å². The van der Waals surface area contributed by atoms with E-state index in [2.05, 4.69) is 53.5 Å². The molecule has 2 rings (SSSR count). The molecule has 4 heteroatoms. The SMILES string of the molecule is CCCCCCCCOCC1(C)COC2(CC(C)(C)N(C)C(C)(C)C2)OC1. The lowest BCUT2D eigenvalue weighted by Crippen LogP contribution is -2.67. The van der Waals surface area contributed by atoms with Gasteiger partial charge in [0.05, 0.1) is 19.8 Å². The maximum Gasteiger partial charge on any atom is 0.171 e. The molecule has 2 saturated heterocycles. The molecule has 2 aliphatic heterocycles. The molecule has 4 nitrogen and oxygen atoms in total. The van der Waals surface area contributed by atoms with Crippen molar-refractivity contribution in [3.8, 4) is 0 Å². The fraction of sp³-hybridized carbons (Fsp3) is 1.00. The van der Waals surface area contributed by atoms with Crippen molar-refractivity contribution in [2.45, 2.75) is 110 Å². The van der Waals surface area contributed by atoms with Gasteiger partial charge in [0, 0.05) is 35.9 Å². The normalized spacial score (nSPS) is 26.3. The van der Waals surface area contributed by atoms with Crippen LogP contribution in [0.25, 0.3) is 0 Å². The first-order valence-corrected chi connectivity index (χ1v) is 11.1. The highest BCUT2D eigenvalue weighted by atomic mass is 16.7. The lowest BCUT2D eigenvalue weighted by atomic mass is 9.75. The first-order valence-electron chi connectivity index (χ1n) is 11.1. The first kappa shape index (κ1) is 23.1. The standard InChI is InChI=1S/C23H45NO3/c1-8-9-10-11-12-13-14-25-17-22(6)18-26-23(27-19-22)15-20(2,3)24(7)21(4,5)16-23/h8-19H2,1-7H3. The molecule has 0 atom stereocenters. The van der Waals surface area contributed by atoms with Crippen molar-refractivity contribution in [1.82, 2.24) is 4.90 Å². The Labute approximate surface area is 168 Å². The number of hydrogen-bond donors (Lipinski definition) is 0. The van der Waals surface area contributed by atoms with Crippen molar-refractivity contribution in [2.24, 2.45) is 5.41 Å². The van der Waals surface area contributed by atoms with E-state index in [1.54, 1.807) is 0 Å². The Morgan fingerprint density at radius 2 is 1.33 bits per heavy atom. The zero-order chi connectivity index (χ0) is 20.2. The third-order valence-electron chi connectivity index (χ3n) is 6.68. The third kappa shape index (κ3) is 6.16. The number of unbranched alkanes of at least 4 members (excludes halogenated alkanes) is 5. The number of piperidine rings is 1. The first-order chi connectivity index (χ1) is 12.5. The molecule has 1 spiro atoms. The van der Waals surface area contributed by atoms with Gasteiger partial charge in [0.1, 0.15) is 0 Å². The molecule has 0 aromatic carbocycles. The Balaban J connectivity index is 1.75. The van der Waals surface area contributed by atoms with E-state index in [9.17, 15) is 0 Å². The molecule has 2 fully saturated rings. The van der Waals surface area contributed by atoms with E-state index < -0.39 is 5.79 Å². The quantitative estimate of drug-likeness (QED) is 0.499. The molecule has 0 amide bonds. The molecule has 0 radical (unpaired) electrons. The molecule has 0 unspecified atom stereocenters. The molecular formula is C23H45NO3. The minimum absolute atomic E-state index is 0.0366. The van der Waals surface area contributed by atoms with E-state index in [-0.39, 0.29) is 16.5 Å². The van der Waals surface area contributed by atoms with Crippen LogP contribution in [0.1, 0.15) is 92.9 Å². The zero-order valence-corrected chi connectivity index (χ0v) is 19.2. The van der Waals surface area contributed by atoms with Gasteiger partial charge >= 0.3 is 0 Å². The maximum absolute atomic E-state index is 6.44. The summed E-state index contributed by atoms with van der Waals surface area (Å²) in [6, 6.07) is 0. The Hall–Kier alpha value is -0.160. The Kier molecular flexibility index (Phi) is 7.80. The van der Waals surface area contributed by atoms with Gasteiger partial charge in [-0.3, -0.25) is 4.90 Å². The summed E-state index contributed by atoms with van der Waals surface area (Å²) in [5.74, 6) is -0.446. The van der Waals surface area contributed by atoms with Gasteiger partial charge in [-0.1, -0.05) is 46.0 Å².